The average molecular weight is 338 g/mol. The van der Waals surface area contributed by atoms with Crippen LogP contribution in [0.4, 0.5) is 0 Å². The minimum absolute atomic E-state index is 0.116. The topological polar surface area (TPSA) is 46.2 Å². The van der Waals surface area contributed by atoms with Gasteiger partial charge in [-0.25, -0.2) is 13.1 Å². The monoisotopic (exact) mass is 337 g/mol. The Hall–Kier alpha value is -0.870. The van der Waals surface area contributed by atoms with Crippen LogP contribution in [0.5, 0.6) is 0 Å². The van der Waals surface area contributed by atoms with Gasteiger partial charge in [-0.05, 0) is 47.3 Å². The summed E-state index contributed by atoms with van der Waals surface area (Å²) in [5, 5.41) is 0. The normalized spacial score (nSPS) is 16.4. The maximum Gasteiger partial charge on any atom is 0.241 e. The molecule has 1 saturated carbocycles. The second kappa shape index (κ2) is 6.94. The number of hydrogen-bond acceptors (Lipinski definition) is 2. The lowest BCUT2D eigenvalue weighted by molar-refractivity contribution is 0.383. The SMILES string of the molecule is CC(C)c1cc(C(C)C)c(S(=O)(=O)NC2CCC2)c(C(C)C)c1. The van der Waals surface area contributed by atoms with Crippen LogP contribution in [0.2, 0.25) is 0 Å². The lowest BCUT2D eigenvalue weighted by atomic mass is 9.89. The van der Waals surface area contributed by atoms with Gasteiger partial charge in [0.2, 0.25) is 10.0 Å². The van der Waals surface area contributed by atoms with E-state index in [1.54, 1.807) is 0 Å². The molecule has 0 radical (unpaired) electrons. The molecule has 0 saturated heterocycles. The highest BCUT2D eigenvalue weighted by atomic mass is 32.2. The van der Waals surface area contributed by atoms with Gasteiger partial charge in [0.05, 0.1) is 4.90 Å². The van der Waals surface area contributed by atoms with Gasteiger partial charge in [-0.2, -0.15) is 0 Å². The van der Waals surface area contributed by atoms with E-state index in [1.807, 2.05) is 0 Å². The Bertz CT molecular complexity index is 627. The molecule has 0 bridgehead atoms. The van der Waals surface area contributed by atoms with E-state index in [-0.39, 0.29) is 17.9 Å². The molecule has 0 atom stereocenters. The van der Waals surface area contributed by atoms with Gasteiger partial charge in [0.25, 0.3) is 0 Å². The molecular weight excluding hydrogens is 306 g/mol. The van der Waals surface area contributed by atoms with Crippen LogP contribution in [0.3, 0.4) is 0 Å². The summed E-state index contributed by atoms with van der Waals surface area (Å²) in [4.78, 5) is 0.527. The third-order valence-electron chi connectivity index (χ3n) is 4.78. The second-order valence-electron chi connectivity index (χ2n) is 7.74. The van der Waals surface area contributed by atoms with Gasteiger partial charge in [-0.15, -0.1) is 0 Å². The summed E-state index contributed by atoms with van der Waals surface area (Å²) in [6.07, 6.45) is 3.03. The summed E-state index contributed by atoms with van der Waals surface area (Å²) in [6, 6.07) is 4.30. The lowest BCUT2D eigenvalue weighted by Crippen LogP contribution is -2.40. The van der Waals surface area contributed by atoms with Crippen LogP contribution < -0.4 is 4.72 Å². The van der Waals surface area contributed by atoms with Crippen molar-refractivity contribution in [2.24, 2.45) is 0 Å². The van der Waals surface area contributed by atoms with Crippen molar-refractivity contribution in [3.05, 3.63) is 28.8 Å². The van der Waals surface area contributed by atoms with Crippen molar-refractivity contribution in [1.82, 2.24) is 4.72 Å². The van der Waals surface area contributed by atoms with Gasteiger partial charge in [0, 0.05) is 6.04 Å². The zero-order chi connectivity index (χ0) is 17.4. The van der Waals surface area contributed by atoms with Crippen molar-refractivity contribution in [3.63, 3.8) is 0 Å². The molecule has 3 nitrogen and oxygen atoms in total. The van der Waals surface area contributed by atoms with Gasteiger partial charge < -0.3 is 0 Å². The van der Waals surface area contributed by atoms with E-state index < -0.39 is 10.0 Å². The number of hydrogen-bond donors (Lipinski definition) is 1. The van der Waals surface area contributed by atoms with Crippen molar-refractivity contribution in [2.45, 2.75) is 89.5 Å². The van der Waals surface area contributed by atoms with Crippen LogP contribution in [0.25, 0.3) is 0 Å². The largest absolute Gasteiger partial charge is 0.241 e. The fourth-order valence-electron chi connectivity index (χ4n) is 3.00. The quantitative estimate of drug-likeness (QED) is 0.803. The molecule has 0 unspecified atom stereocenters. The summed E-state index contributed by atoms with van der Waals surface area (Å²) in [5.41, 5.74) is 3.12. The van der Waals surface area contributed by atoms with Crippen molar-refractivity contribution in [3.8, 4) is 0 Å². The van der Waals surface area contributed by atoms with Gasteiger partial charge in [-0.3, -0.25) is 0 Å². The van der Waals surface area contributed by atoms with Gasteiger partial charge in [0.15, 0.2) is 0 Å². The molecule has 130 valence electrons. The minimum atomic E-state index is -3.46. The molecule has 1 aliphatic rings. The maximum absolute atomic E-state index is 13.1. The standard InChI is InChI=1S/C19H31NO2S/c1-12(2)15-10-17(13(3)4)19(18(11-15)14(5)6)23(21,22)20-16-8-7-9-16/h10-14,16,20H,7-9H2,1-6H3. The predicted molar refractivity (Wildman–Crippen MR) is 96.7 cm³/mol. The van der Waals surface area contributed by atoms with E-state index in [9.17, 15) is 8.42 Å². The maximum atomic E-state index is 13.1. The summed E-state index contributed by atoms with van der Waals surface area (Å²) in [5.74, 6) is 0.750. The van der Waals surface area contributed by atoms with Crippen molar-refractivity contribution in [2.75, 3.05) is 0 Å². The van der Waals surface area contributed by atoms with Crippen molar-refractivity contribution < 1.29 is 8.42 Å². The average Bonchev–Trinajstić information content (AvgIpc) is 2.41. The molecule has 1 aromatic rings. The highest BCUT2D eigenvalue weighted by Gasteiger charge is 2.30. The van der Waals surface area contributed by atoms with Gasteiger partial charge >= 0.3 is 0 Å². The van der Waals surface area contributed by atoms with Crippen molar-refractivity contribution in [1.29, 1.82) is 0 Å². The molecule has 1 fully saturated rings. The smallest absolute Gasteiger partial charge is 0.208 e. The van der Waals surface area contributed by atoms with Crippen molar-refractivity contribution >= 4 is 10.0 Å². The number of sulfonamides is 1. The first-order chi connectivity index (χ1) is 10.6. The molecule has 1 aromatic carbocycles. The third kappa shape index (κ3) is 3.97. The molecule has 0 heterocycles. The van der Waals surface area contributed by atoms with Crippen LogP contribution in [-0.4, -0.2) is 14.5 Å². The molecule has 23 heavy (non-hydrogen) atoms. The Morgan fingerprint density at radius 2 is 1.39 bits per heavy atom. The van der Waals surface area contributed by atoms with Crippen LogP contribution in [0.1, 0.15) is 95.2 Å². The highest BCUT2D eigenvalue weighted by molar-refractivity contribution is 7.89. The van der Waals surface area contributed by atoms with E-state index in [0.717, 1.165) is 30.4 Å². The Balaban J connectivity index is 2.63. The van der Waals surface area contributed by atoms with Crippen LogP contribution >= 0.6 is 0 Å². The Kier molecular flexibility index (Phi) is 5.57. The molecule has 2 rings (SSSR count). The summed E-state index contributed by atoms with van der Waals surface area (Å²) >= 11 is 0. The van der Waals surface area contributed by atoms with Crippen LogP contribution in [0, 0.1) is 0 Å². The summed E-state index contributed by atoms with van der Waals surface area (Å²) < 4.78 is 29.0. The number of benzene rings is 1. The first kappa shape index (κ1) is 18.5. The van der Waals surface area contributed by atoms with E-state index in [0.29, 0.717) is 10.8 Å². The Morgan fingerprint density at radius 3 is 1.70 bits per heavy atom. The van der Waals surface area contributed by atoms with Crippen LogP contribution in [-0.2, 0) is 10.0 Å². The fraction of sp³-hybridized carbons (Fsp3) is 0.684. The van der Waals surface area contributed by atoms with Gasteiger partial charge in [-0.1, -0.05) is 60.1 Å². The molecule has 0 aromatic heterocycles. The molecule has 0 spiro atoms. The highest BCUT2D eigenvalue weighted by Crippen LogP contribution is 2.35. The first-order valence-electron chi connectivity index (χ1n) is 8.83. The minimum Gasteiger partial charge on any atom is -0.208 e. The molecule has 1 aliphatic carbocycles. The molecule has 4 heteroatoms. The first-order valence-corrected chi connectivity index (χ1v) is 10.3. The van der Waals surface area contributed by atoms with E-state index in [1.165, 1.54) is 5.56 Å². The third-order valence-corrected chi connectivity index (χ3v) is 6.43. The molecule has 0 amide bonds. The summed E-state index contributed by atoms with van der Waals surface area (Å²) in [6.45, 7) is 12.6. The number of rotatable bonds is 6. The molecule has 1 N–H and O–H groups in total. The number of nitrogens with one attached hydrogen (secondary N) is 1. The Labute approximate surface area is 141 Å². The van der Waals surface area contributed by atoms with Gasteiger partial charge in [0.1, 0.15) is 0 Å². The zero-order valence-electron chi connectivity index (χ0n) is 15.3. The fourth-order valence-corrected chi connectivity index (χ4v) is 5.01. The van der Waals surface area contributed by atoms with E-state index >= 15 is 0 Å². The molecular formula is C19H31NO2S. The van der Waals surface area contributed by atoms with Crippen LogP contribution in [0.15, 0.2) is 17.0 Å². The zero-order valence-corrected chi connectivity index (χ0v) is 16.1. The summed E-state index contributed by atoms with van der Waals surface area (Å²) in [7, 11) is -3.46. The van der Waals surface area contributed by atoms with E-state index in [2.05, 4.69) is 58.4 Å². The molecule has 0 aliphatic heterocycles. The second-order valence-corrected chi connectivity index (χ2v) is 9.39. The Morgan fingerprint density at radius 1 is 0.913 bits per heavy atom. The predicted octanol–water partition coefficient (Wildman–Crippen LogP) is 4.89. The lowest BCUT2D eigenvalue weighted by Gasteiger charge is -2.29. The van der Waals surface area contributed by atoms with E-state index in [4.69, 9.17) is 0 Å².